The smallest absolute Gasteiger partial charge is 0.203 e. The van der Waals surface area contributed by atoms with Gasteiger partial charge in [0.1, 0.15) is 0 Å². The summed E-state index contributed by atoms with van der Waals surface area (Å²) in [5.74, 6) is 1.01. The Balaban J connectivity index is 2.73. The fraction of sp³-hybridized carbons (Fsp3) is 0.786. The van der Waals surface area contributed by atoms with Gasteiger partial charge in [0, 0.05) is 25.3 Å². The van der Waals surface area contributed by atoms with Crippen LogP contribution in [-0.4, -0.2) is 40.6 Å². The molecule has 0 spiro atoms. The van der Waals surface area contributed by atoms with Crippen molar-refractivity contribution in [3.63, 3.8) is 0 Å². The fourth-order valence-corrected chi connectivity index (χ4v) is 2.16. The van der Waals surface area contributed by atoms with Crippen molar-refractivity contribution in [1.82, 2.24) is 14.5 Å². The molecule has 0 amide bonds. The predicted octanol–water partition coefficient (Wildman–Crippen LogP) is 2.92. The van der Waals surface area contributed by atoms with E-state index in [9.17, 15) is 0 Å². The summed E-state index contributed by atoms with van der Waals surface area (Å²) in [6.45, 7) is 15.2. The molecule has 1 aromatic rings. The Morgan fingerprint density at radius 2 is 2.00 bits per heavy atom. The van der Waals surface area contributed by atoms with Crippen molar-refractivity contribution < 1.29 is 0 Å². The van der Waals surface area contributed by atoms with Gasteiger partial charge in [0.05, 0.1) is 5.69 Å². The van der Waals surface area contributed by atoms with Gasteiger partial charge in [-0.3, -0.25) is 0 Å². The van der Waals surface area contributed by atoms with Gasteiger partial charge in [0.25, 0.3) is 0 Å². The van der Waals surface area contributed by atoms with E-state index < -0.39 is 0 Å². The number of hydrogen-bond acceptors (Lipinski definition) is 3. The van der Waals surface area contributed by atoms with E-state index in [4.69, 9.17) is 0 Å². The molecule has 18 heavy (non-hydrogen) atoms. The Bertz CT molecular complexity index is 342. The van der Waals surface area contributed by atoms with E-state index in [1.54, 1.807) is 0 Å². The van der Waals surface area contributed by atoms with E-state index in [1.807, 2.05) is 0 Å². The van der Waals surface area contributed by atoms with Gasteiger partial charge >= 0.3 is 0 Å². The number of anilines is 1. The normalized spacial score (nSPS) is 13.0. The number of nitrogens with zero attached hydrogens (tertiary/aromatic N) is 3. The highest BCUT2D eigenvalue weighted by Crippen LogP contribution is 2.17. The quantitative estimate of drug-likeness (QED) is 0.772. The molecular formula is C14H28N4. The predicted molar refractivity (Wildman–Crippen MR) is 78.2 cm³/mol. The van der Waals surface area contributed by atoms with Crippen LogP contribution in [0.3, 0.4) is 0 Å². The van der Waals surface area contributed by atoms with Gasteiger partial charge in [0.2, 0.25) is 5.95 Å². The monoisotopic (exact) mass is 252 g/mol. The van der Waals surface area contributed by atoms with Crippen LogP contribution in [0.25, 0.3) is 0 Å². The van der Waals surface area contributed by atoms with Crippen molar-refractivity contribution in [2.75, 3.05) is 31.5 Å². The van der Waals surface area contributed by atoms with Gasteiger partial charge in [-0.2, -0.15) is 0 Å². The Morgan fingerprint density at radius 3 is 2.56 bits per heavy atom. The number of nitrogens with one attached hydrogen (secondary N) is 1. The standard InChI is InChI=1S/C14H28N4/c1-6-9-15-14-16-12(4)10-18(14)13(5)11-17(7-2)8-3/h10,13H,6-9,11H2,1-5H3,(H,15,16). The molecule has 1 rings (SSSR count). The number of aryl methyl sites for hydroxylation is 1. The van der Waals surface area contributed by atoms with Gasteiger partial charge in [-0.05, 0) is 33.4 Å². The first kappa shape index (κ1) is 15.0. The van der Waals surface area contributed by atoms with E-state index in [1.165, 1.54) is 0 Å². The molecule has 1 aromatic heterocycles. The summed E-state index contributed by atoms with van der Waals surface area (Å²) in [6, 6.07) is 0.449. The van der Waals surface area contributed by atoms with Crippen molar-refractivity contribution in [1.29, 1.82) is 0 Å². The van der Waals surface area contributed by atoms with Gasteiger partial charge < -0.3 is 14.8 Å². The minimum atomic E-state index is 0.449. The SMILES string of the molecule is CCCNc1nc(C)cn1C(C)CN(CC)CC. The number of hydrogen-bond donors (Lipinski definition) is 1. The topological polar surface area (TPSA) is 33.1 Å². The van der Waals surface area contributed by atoms with Gasteiger partial charge in [-0.25, -0.2) is 4.98 Å². The van der Waals surface area contributed by atoms with Gasteiger partial charge in [-0.15, -0.1) is 0 Å². The molecule has 0 aliphatic rings. The Morgan fingerprint density at radius 1 is 1.33 bits per heavy atom. The zero-order chi connectivity index (χ0) is 13.5. The van der Waals surface area contributed by atoms with Crippen LogP contribution in [0.2, 0.25) is 0 Å². The molecule has 0 aliphatic carbocycles. The lowest BCUT2D eigenvalue weighted by Crippen LogP contribution is -2.29. The summed E-state index contributed by atoms with van der Waals surface area (Å²) >= 11 is 0. The molecule has 0 bridgehead atoms. The maximum Gasteiger partial charge on any atom is 0.203 e. The minimum absolute atomic E-state index is 0.449. The van der Waals surface area contributed by atoms with Crippen LogP contribution in [0.4, 0.5) is 5.95 Å². The van der Waals surface area contributed by atoms with Crippen LogP contribution in [0.5, 0.6) is 0 Å². The maximum absolute atomic E-state index is 4.56. The molecule has 1 atom stereocenters. The average Bonchev–Trinajstić information content (AvgIpc) is 2.74. The lowest BCUT2D eigenvalue weighted by Gasteiger charge is -2.24. The van der Waals surface area contributed by atoms with E-state index in [0.717, 1.165) is 44.2 Å². The van der Waals surface area contributed by atoms with Crippen LogP contribution in [0.15, 0.2) is 6.20 Å². The second-order valence-electron chi connectivity index (χ2n) is 4.87. The molecule has 1 heterocycles. The number of likely N-dealkylation sites (N-methyl/N-ethyl adjacent to an activating group) is 1. The van der Waals surface area contributed by atoms with Crippen molar-refractivity contribution in [3.05, 3.63) is 11.9 Å². The molecule has 4 nitrogen and oxygen atoms in total. The average molecular weight is 252 g/mol. The first-order valence-electron chi connectivity index (χ1n) is 7.14. The second kappa shape index (κ2) is 7.41. The first-order valence-corrected chi connectivity index (χ1v) is 7.14. The number of rotatable bonds is 8. The third kappa shape index (κ3) is 4.02. The molecule has 0 radical (unpaired) electrons. The van der Waals surface area contributed by atoms with E-state index in [2.05, 4.69) is 60.6 Å². The molecule has 0 saturated heterocycles. The van der Waals surface area contributed by atoms with E-state index >= 15 is 0 Å². The molecule has 1 unspecified atom stereocenters. The zero-order valence-electron chi connectivity index (χ0n) is 12.5. The molecule has 0 fully saturated rings. The van der Waals surface area contributed by atoms with Gasteiger partial charge in [0.15, 0.2) is 0 Å². The van der Waals surface area contributed by atoms with E-state index in [-0.39, 0.29) is 0 Å². The molecule has 0 aromatic carbocycles. The molecule has 104 valence electrons. The molecular weight excluding hydrogens is 224 g/mol. The first-order chi connectivity index (χ1) is 8.62. The van der Waals surface area contributed by atoms with Crippen molar-refractivity contribution in [3.8, 4) is 0 Å². The van der Waals surface area contributed by atoms with Crippen LogP contribution >= 0.6 is 0 Å². The number of aromatic nitrogens is 2. The summed E-state index contributed by atoms with van der Waals surface area (Å²) in [5, 5.41) is 3.41. The Labute approximate surface area is 111 Å². The fourth-order valence-electron chi connectivity index (χ4n) is 2.16. The van der Waals surface area contributed by atoms with Crippen molar-refractivity contribution >= 4 is 5.95 Å². The highest BCUT2D eigenvalue weighted by atomic mass is 15.2. The van der Waals surface area contributed by atoms with Crippen LogP contribution in [0.1, 0.15) is 45.9 Å². The van der Waals surface area contributed by atoms with E-state index in [0.29, 0.717) is 6.04 Å². The largest absolute Gasteiger partial charge is 0.356 e. The summed E-state index contributed by atoms with van der Waals surface area (Å²) < 4.78 is 2.27. The third-order valence-corrected chi connectivity index (χ3v) is 3.28. The minimum Gasteiger partial charge on any atom is -0.356 e. The Kier molecular flexibility index (Phi) is 6.19. The highest BCUT2D eigenvalue weighted by molar-refractivity contribution is 5.29. The van der Waals surface area contributed by atoms with Crippen LogP contribution < -0.4 is 5.32 Å². The van der Waals surface area contributed by atoms with Crippen LogP contribution in [-0.2, 0) is 0 Å². The van der Waals surface area contributed by atoms with Crippen LogP contribution in [0, 0.1) is 6.92 Å². The second-order valence-corrected chi connectivity index (χ2v) is 4.87. The Hall–Kier alpha value is -1.03. The molecule has 0 aliphatic heterocycles. The summed E-state index contributed by atoms with van der Waals surface area (Å²) in [7, 11) is 0. The maximum atomic E-state index is 4.56. The van der Waals surface area contributed by atoms with Crippen molar-refractivity contribution in [2.45, 2.75) is 47.1 Å². The lowest BCUT2D eigenvalue weighted by molar-refractivity contribution is 0.262. The molecule has 1 N–H and O–H groups in total. The number of imidazole rings is 1. The molecule has 4 heteroatoms. The highest BCUT2D eigenvalue weighted by Gasteiger charge is 2.13. The summed E-state index contributed by atoms with van der Waals surface area (Å²) in [6.07, 6.45) is 3.27. The summed E-state index contributed by atoms with van der Waals surface area (Å²) in [4.78, 5) is 7.01. The summed E-state index contributed by atoms with van der Waals surface area (Å²) in [5.41, 5.74) is 1.08. The lowest BCUT2D eigenvalue weighted by atomic mass is 10.3. The van der Waals surface area contributed by atoms with Gasteiger partial charge in [-0.1, -0.05) is 20.8 Å². The van der Waals surface area contributed by atoms with Crippen molar-refractivity contribution in [2.24, 2.45) is 0 Å². The third-order valence-electron chi connectivity index (χ3n) is 3.28. The zero-order valence-corrected chi connectivity index (χ0v) is 12.5. The molecule has 0 saturated carbocycles.